The molecular weight excluding hydrogens is 447 g/mol. The largest absolute Gasteiger partial charge is 0.384 e. The molecule has 3 nitrogen and oxygen atoms in total. The van der Waals surface area contributed by atoms with E-state index < -0.39 is 6.10 Å². The second kappa shape index (κ2) is 11.9. The molecule has 1 unspecified atom stereocenters. The maximum Gasteiger partial charge on any atom is 0.129 e. The van der Waals surface area contributed by atoms with E-state index in [1.165, 1.54) is 29.5 Å². The summed E-state index contributed by atoms with van der Waals surface area (Å²) in [5.74, 6) is 0.482. The number of pyridine rings is 1. The summed E-state index contributed by atoms with van der Waals surface area (Å²) in [5, 5.41) is 11.4. The number of aliphatic hydroxyl groups excluding tert-OH is 1. The van der Waals surface area contributed by atoms with Gasteiger partial charge in [-0.2, -0.15) is 0 Å². The first-order valence-electron chi connectivity index (χ1n) is 12.4. The summed E-state index contributed by atoms with van der Waals surface area (Å²) in [4.78, 5) is 6.65. The number of likely N-dealkylation sites (tertiary alicyclic amines) is 1. The van der Waals surface area contributed by atoms with Crippen molar-refractivity contribution < 1.29 is 9.50 Å². The van der Waals surface area contributed by atoms with Crippen molar-refractivity contribution in [3.63, 3.8) is 0 Å². The molecule has 0 aliphatic carbocycles. The molecular formula is C29H34ClFN2O. The van der Waals surface area contributed by atoms with Gasteiger partial charge in [0.1, 0.15) is 17.1 Å². The first-order chi connectivity index (χ1) is 16.5. The number of rotatable bonds is 9. The van der Waals surface area contributed by atoms with Crippen molar-refractivity contribution in [2.45, 2.75) is 51.6 Å². The van der Waals surface area contributed by atoms with E-state index in [2.05, 4.69) is 28.9 Å². The summed E-state index contributed by atoms with van der Waals surface area (Å²) in [6.07, 6.45) is 7.50. The van der Waals surface area contributed by atoms with E-state index in [9.17, 15) is 9.50 Å². The van der Waals surface area contributed by atoms with Crippen LogP contribution in [0.3, 0.4) is 0 Å². The molecule has 0 saturated carbocycles. The van der Waals surface area contributed by atoms with Gasteiger partial charge in [-0.1, -0.05) is 61.3 Å². The number of hydrogen-bond acceptors (Lipinski definition) is 3. The second-order valence-corrected chi connectivity index (χ2v) is 9.85. The van der Waals surface area contributed by atoms with Gasteiger partial charge in [0.25, 0.3) is 0 Å². The Morgan fingerprint density at radius 1 is 1.00 bits per heavy atom. The van der Waals surface area contributed by atoms with Crippen molar-refractivity contribution in [2.24, 2.45) is 5.92 Å². The Balaban J connectivity index is 1.37. The van der Waals surface area contributed by atoms with Crippen LogP contribution in [0.2, 0.25) is 5.15 Å². The fourth-order valence-electron chi connectivity index (χ4n) is 4.92. The van der Waals surface area contributed by atoms with Gasteiger partial charge in [0.15, 0.2) is 0 Å². The standard InChI is InChI=1S/C29H34ClFN2O/c1-2-3-23-6-7-24(29(34)25-8-11-28(30)32-20-25)19-26(23)18-22-13-16-33(17-14-22)15-12-21-4-9-27(31)10-5-21/h4-11,19-20,22,29,34H,2-3,12-18H2,1H3. The fraction of sp³-hybridized carbons (Fsp3) is 0.414. The zero-order chi connectivity index (χ0) is 23.9. The molecule has 1 aliphatic rings. The van der Waals surface area contributed by atoms with Crippen LogP contribution in [0.15, 0.2) is 60.8 Å². The van der Waals surface area contributed by atoms with Crippen molar-refractivity contribution in [3.8, 4) is 0 Å². The minimum absolute atomic E-state index is 0.173. The highest BCUT2D eigenvalue weighted by atomic mass is 35.5. The van der Waals surface area contributed by atoms with Gasteiger partial charge in [0.05, 0.1) is 0 Å². The minimum atomic E-state index is -0.701. The van der Waals surface area contributed by atoms with Crippen LogP contribution in [-0.2, 0) is 19.3 Å². The van der Waals surface area contributed by atoms with E-state index in [-0.39, 0.29) is 5.82 Å². The number of aryl methyl sites for hydroxylation is 1. The molecule has 1 aliphatic heterocycles. The molecule has 0 bridgehead atoms. The van der Waals surface area contributed by atoms with Gasteiger partial charge in [-0.15, -0.1) is 0 Å². The topological polar surface area (TPSA) is 36.4 Å². The molecule has 0 spiro atoms. The molecule has 1 aromatic heterocycles. The molecule has 34 heavy (non-hydrogen) atoms. The van der Waals surface area contributed by atoms with Gasteiger partial charge in [-0.05, 0) is 91.6 Å². The highest BCUT2D eigenvalue weighted by Crippen LogP contribution is 2.29. The quantitative estimate of drug-likeness (QED) is 0.360. The second-order valence-electron chi connectivity index (χ2n) is 9.46. The summed E-state index contributed by atoms with van der Waals surface area (Å²) in [6, 6.07) is 16.9. The molecule has 1 fully saturated rings. The third kappa shape index (κ3) is 6.65. The Morgan fingerprint density at radius 2 is 1.74 bits per heavy atom. The van der Waals surface area contributed by atoms with Gasteiger partial charge in [-0.3, -0.25) is 0 Å². The Morgan fingerprint density at radius 3 is 2.41 bits per heavy atom. The van der Waals surface area contributed by atoms with Crippen molar-refractivity contribution in [3.05, 3.63) is 99.6 Å². The number of halogens is 2. The van der Waals surface area contributed by atoms with Crippen LogP contribution < -0.4 is 0 Å². The van der Waals surface area contributed by atoms with Crippen LogP contribution >= 0.6 is 11.6 Å². The van der Waals surface area contributed by atoms with Gasteiger partial charge in [0.2, 0.25) is 0 Å². The highest BCUT2D eigenvalue weighted by molar-refractivity contribution is 6.29. The van der Waals surface area contributed by atoms with Gasteiger partial charge >= 0.3 is 0 Å². The van der Waals surface area contributed by atoms with Crippen LogP contribution in [0.4, 0.5) is 4.39 Å². The van der Waals surface area contributed by atoms with Crippen molar-refractivity contribution in [1.82, 2.24) is 9.88 Å². The molecule has 1 N–H and O–H groups in total. The maximum absolute atomic E-state index is 13.1. The predicted molar refractivity (Wildman–Crippen MR) is 137 cm³/mol. The van der Waals surface area contributed by atoms with E-state index in [0.29, 0.717) is 11.1 Å². The molecule has 5 heteroatoms. The van der Waals surface area contributed by atoms with Crippen LogP contribution in [0.25, 0.3) is 0 Å². The zero-order valence-electron chi connectivity index (χ0n) is 19.9. The smallest absolute Gasteiger partial charge is 0.129 e. The molecule has 2 aromatic carbocycles. The normalized spacial score (nSPS) is 16.0. The first kappa shape index (κ1) is 24.8. The third-order valence-corrected chi connectivity index (χ3v) is 7.20. The maximum atomic E-state index is 13.1. The molecule has 2 heterocycles. The number of aliphatic hydroxyl groups is 1. The number of piperidine rings is 1. The zero-order valence-corrected chi connectivity index (χ0v) is 20.6. The van der Waals surface area contributed by atoms with Gasteiger partial charge < -0.3 is 10.0 Å². The van der Waals surface area contributed by atoms with Crippen molar-refractivity contribution in [2.75, 3.05) is 19.6 Å². The third-order valence-electron chi connectivity index (χ3n) is 6.98. The molecule has 1 atom stereocenters. The SMILES string of the molecule is CCCc1ccc(C(O)c2ccc(Cl)nc2)cc1CC1CCN(CCc2ccc(F)cc2)CC1. The number of hydrogen-bond donors (Lipinski definition) is 1. The molecule has 3 aromatic rings. The van der Waals surface area contributed by atoms with Crippen LogP contribution in [0, 0.1) is 11.7 Å². The molecule has 180 valence electrons. The first-order valence-corrected chi connectivity index (χ1v) is 12.8. The Labute approximate surface area is 207 Å². The Kier molecular flexibility index (Phi) is 8.71. The van der Waals surface area contributed by atoms with Crippen LogP contribution in [0.1, 0.15) is 60.1 Å². The molecule has 0 amide bonds. The monoisotopic (exact) mass is 480 g/mol. The lowest BCUT2D eigenvalue weighted by Gasteiger charge is -2.32. The van der Waals surface area contributed by atoms with E-state index in [1.807, 2.05) is 24.3 Å². The summed E-state index contributed by atoms with van der Waals surface area (Å²) in [6.45, 7) is 5.45. The fourth-order valence-corrected chi connectivity index (χ4v) is 5.04. The van der Waals surface area contributed by atoms with Gasteiger partial charge in [-0.25, -0.2) is 9.37 Å². The highest BCUT2D eigenvalue weighted by Gasteiger charge is 2.21. The summed E-state index contributed by atoms with van der Waals surface area (Å²) in [5.41, 5.74) is 5.62. The number of nitrogens with zero attached hydrogens (tertiary/aromatic N) is 2. The summed E-state index contributed by atoms with van der Waals surface area (Å²) < 4.78 is 13.1. The van der Waals surface area contributed by atoms with E-state index >= 15 is 0 Å². The Hall–Kier alpha value is -2.27. The van der Waals surface area contributed by atoms with E-state index in [1.54, 1.807) is 24.4 Å². The van der Waals surface area contributed by atoms with Gasteiger partial charge in [0, 0.05) is 18.3 Å². The number of benzene rings is 2. The Bertz CT molecular complexity index is 1050. The van der Waals surface area contributed by atoms with E-state index in [0.717, 1.165) is 56.4 Å². The predicted octanol–water partition coefficient (Wildman–Crippen LogP) is 6.41. The lowest BCUT2D eigenvalue weighted by atomic mass is 9.86. The molecule has 1 saturated heterocycles. The lowest BCUT2D eigenvalue weighted by Crippen LogP contribution is -2.35. The molecule has 4 rings (SSSR count). The average Bonchev–Trinajstić information content (AvgIpc) is 2.86. The summed E-state index contributed by atoms with van der Waals surface area (Å²) in [7, 11) is 0. The van der Waals surface area contributed by atoms with Crippen LogP contribution in [-0.4, -0.2) is 34.6 Å². The van der Waals surface area contributed by atoms with Crippen molar-refractivity contribution in [1.29, 1.82) is 0 Å². The van der Waals surface area contributed by atoms with E-state index in [4.69, 9.17) is 11.6 Å². The number of aromatic nitrogens is 1. The van der Waals surface area contributed by atoms with Crippen LogP contribution in [0.5, 0.6) is 0 Å². The minimum Gasteiger partial charge on any atom is -0.384 e. The average molecular weight is 481 g/mol. The lowest BCUT2D eigenvalue weighted by molar-refractivity contribution is 0.185. The summed E-state index contributed by atoms with van der Waals surface area (Å²) >= 11 is 5.91. The molecule has 0 radical (unpaired) electrons. The van der Waals surface area contributed by atoms with Crippen molar-refractivity contribution >= 4 is 11.6 Å².